The Kier molecular flexibility index (Phi) is 8.69. The van der Waals surface area contributed by atoms with E-state index in [9.17, 15) is 15.0 Å². The molecule has 0 bridgehead atoms. The summed E-state index contributed by atoms with van der Waals surface area (Å²) in [6, 6.07) is 15.6. The van der Waals surface area contributed by atoms with Crippen LogP contribution < -0.4 is 9.47 Å². The molecule has 2 aromatic rings. The number of esters is 1. The first-order chi connectivity index (χ1) is 14.3. The first-order valence-corrected chi connectivity index (χ1v) is 10.2. The highest BCUT2D eigenvalue weighted by atomic mass is 16.6. The maximum atomic E-state index is 11.0. The minimum absolute atomic E-state index is 0.0903. The summed E-state index contributed by atoms with van der Waals surface area (Å²) in [5, 5.41) is 18.9. The quantitative estimate of drug-likeness (QED) is 0.546. The van der Waals surface area contributed by atoms with E-state index in [0.717, 1.165) is 16.9 Å². The SMILES string of the molecule is CC[C@@H](O)COc1ccc(C(C)(C)c2ccc(OC[C@H](CO)OC(C)=O)cc2)cc1. The van der Waals surface area contributed by atoms with Crippen LogP contribution in [0.15, 0.2) is 48.5 Å². The van der Waals surface area contributed by atoms with Gasteiger partial charge in [0.2, 0.25) is 0 Å². The number of hydrogen-bond acceptors (Lipinski definition) is 6. The maximum absolute atomic E-state index is 11.0. The molecule has 0 amide bonds. The van der Waals surface area contributed by atoms with Gasteiger partial charge in [0.05, 0.1) is 12.7 Å². The summed E-state index contributed by atoms with van der Waals surface area (Å²) in [6.07, 6.45) is -0.476. The van der Waals surface area contributed by atoms with Gasteiger partial charge in [0.1, 0.15) is 24.7 Å². The first-order valence-electron chi connectivity index (χ1n) is 10.2. The molecule has 6 heteroatoms. The van der Waals surface area contributed by atoms with Crippen LogP contribution in [0.4, 0.5) is 0 Å². The molecule has 0 aromatic heterocycles. The monoisotopic (exact) mass is 416 g/mol. The van der Waals surface area contributed by atoms with E-state index in [2.05, 4.69) is 13.8 Å². The lowest BCUT2D eigenvalue weighted by Crippen LogP contribution is -2.27. The van der Waals surface area contributed by atoms with E-state index in [4.69, 9.17) is 14.2 Å². The van der Waals surface area contributed by atoms with E-state index in [-0.39, 0.29) is 25.2 Å². The molecule has 0 fully saturated rings. The minimum atomic E-state index is -0.683. The molecule has 0 radical (unpaired) electrons. The molecule has 164 valence electrons. The van der Waals surface area contributed by atoms with Crippen LogP contribution in [0.3, 0.4) is 0 Å². The highest BCUT2D eigenvalue weighted by Gasteiger charge is 2.23. The maximum Gasteiger partial charge on any atom is 0.303 e. The van der Waals surface area contributed by atoms with Gasteiger partial charge in [-0.1, -0.05) is 45.0 Å². The summed E-state index contributed by atoms with van der Waals surface area (Å²) in [7, 11) is 0. The van der Waals surface area contributed by atoms with Gasteiger partial charge in [-0.15, -0.1) is 0 Å². The van der Waals surface area contributed by atoms with Gasteiger partial charge in [0, 0.05) is 12.3 Å². The lowest BCUT2D eigenvalue weighted by atomic mass is 9.78. The van der Waals surface area contributed by atoms with E-state index in [0.29, 0.717) is 12.2 Å². The zero-order chi connectivity index (χ0) is 22.1. The van der Waals surface area contributed by atoms with Gasteiger partial charge in [-0.2, -0.15) is 0 Å². The zero-order valence-corrected chi connectivity index (χ0v) is 18.1. The Bertz CT molecular complexity index is 782. The van der Waals surface area contributed by atoms with Gasteiger partial charge in [-0.3, -0.25) is 4.79 Å². The van der Waals surface area contributed by atoms with Crippen molar-refractivity contribution in [2.24, 2.45) is 0 Å². The first kappa shape index (κ1) is 23.7. The minimum Gasteiger partial charge on any atom is -0.491 e. The van der Waals surface area contributed by atoms with Crippen LogP contribution in [-0.2, 0) is 14.9 Å². The molecule has 0 aliphatic rings. The Morgan fingerprint density at radius 1 is 0.933 bits per heavy atom. The second-order valence-corrected chi connectivity index (χ2v) is 7.77. The van der Waals surface area contributed by atoms with Crippen LogP contribution >= 0.6 is 0 Å². The molecule has 0 heterocycles. The van der Waals surface area contributed by atoms with Crippen molar-refractivity contribution in [3.05, 3.63) is 59.7 Å². The molecule has 30 heavy (non-hydrogen) atoms. The number of aliphatic hydroxyl groups excluding tert-OH is 2. The molecule has 0 saturated heterocycles. The molecule has 2 aromatic carbocycles. The standard InChI is InChI=1S/C24H32O6/c1-5-20(27)15-28-21-10-6-18(7-11-21)24(3,4)19-8-12-22(13-9-19)29-16-23(14-25)30-17(2)26/h6-13,20,23,25,27H,5,14-16H2,1-4H3/t20-,23+/m1/s1. The Morgan fingerprint density at radius 3 is 1.80 bits per heavy atom. The Labute approximate surface area is 178 Å². The molecule has 0 aliphatic heterocycles. The molecular formula is C24H32O6. The highest BCUT2D eigenvalue weighted by molar-refractivity contribution is 5.66. The van der Waals surface area contributed by atoms with Crippen molar-refractivity contribution in [3.8, 4) is 11.5 Å². The van der Waals surface area contributed by atoms with E-state index < -0.39 is 18.2 Å². The molecule has 0 unspecified atom stereocenters. The fourth-order valence-electron chi connectivity index (χ4n) is 2.96. The summed E-state index contributed by atoms with van der Waals surface area (Å²) >= 11 is 0. The third-order valence-electron chi connectivity index (χ3n) is 5.04. The fraction of sp³-hybridized carbons (Fsp3) is 0.458. The van der Waals surface area contributed by atoms with Crippen LogP contribution in [0.2, 0.25) is 0 Å². The third kappa shape index (κ3) is 6.75. The summed E-state index contributed by atoms with van der Waals surface area (Å²) in [5.74, 6) is 0.920. The van der Waals surface area contributed by atoms with Gasteiger partial charge in [0.25, 0.3) is 0 Å². The Hall–Kier alpha value is -2.57. The summed E-state index contributed by atoms with van der Waals surface area (Å²) in [4.78, 5) is 11.0. The number of aliphatic hydroxyl groups is 2. The van der Waals surface area contributed by atoms with Crippen LogP contribution in [0.25, 0.3) is 0 Å². The van der Waals surface area contributed by atoms with Crippen LogP contribution in [0.5, 0.6) is 11.5 Å². The van der Waals surface area contributed by atoms with Crippen LogP contribution in [0, 0.1) is 0 Å². The number of benzene rings is 2. The van der Waals surface area contributed by atoms with E-state index >= 15 is 0 Å². The van der Waals surface area contributed by atoms with Crippen molar-refractivity contribution < 1.29 is 29.2 Å². The van der Waals surface area contributed by atoms with Crippen molar-refractivity contribution in [1.82, 2.24) is 0 Å². The Morgan fingerprint density at radius 2 is 1.40 bits per heavy atom. The molecule has 2 atom stereocenters. The molecule has 0 spiro atoms. The summed E-state index contributed by atoms with van der Waals surface area (Å²) in [5.41, 5.74) is 2.02. The average Bonchev–Trinajstić information content (AvgIpc) is 2.75. The molecule has 0 aliphatic carbocycles. The highest BCUT2D eigenvalue weighted by Crippen LogP contribution is 2.33. The predicted molar refractivity (Wildman–Crippen MR) is 115 cm³/mol. The predicted octanol–water partition coefficient (Wildman–Crippen LogP) is 3.47. The van der Waals surface area contributed by atoms with Crippen molar-refractivity contribution in [3.63, 3.8) is 0 Å². The topological polar surface area (TPSA) is 85.2 Å². The Balaban J connectivity index is 2.01. The largest absolute Gasteiger partial charge is 0.491 e. The van der Waals surface area contributed by atoms with Crippen LogP contribution in [-0.4, -0.2) is 48.2 Å². The summed E-state index contributed by atoms with van der Waals surface area (Å²) in [6.45, 7) is 7.59. The van der Waals surface area contributed by atoms with E-state index in [1.807, 2.05) is 55.5 Å². The van der Waals surface area contributed by atoms with Crippen molar-refractivity contribution >= 4 is 5.97 Å². The normalized spacial score (nSPS) is 13.4. The molecule has 2 N–H and O–H groups in total. The number of carbonyl (C=O) groups is 1. The van der Waals surface area contributed by atoms with Crippen molar-refractivity contribution in [2.45, 2.75) is 51.7 Å². The van der Waals surface area contributed by atoms with Gasteiger partial charge in [0.15, 0.2) is 6.10 Å². The zero-order valence-electron chi connectivity index (χ0n) is 18.1. The van der Waals surface area contributed by atoms with Crippen LogP contribution in [0.1, 0.15) is 45.2 Å². The van der Waals surface area contributed by atoms with Gasteiger partial charge in [-0.25, -0.2) is 0 Å². The lowest BCUT2D eigenvalue weighted by Gasteiger charge is -2.26. The third-order valence-corrected chi connectivity index (χ3v) is 5.04. The average molecular weight is 417 g/mol. The number of rotatable bonds is 11. The van der Waals surface area contributed by atoms with E-state index in [1.165, 1.54) is 6.92 Å². The second kappa shape index (κ2) is 11.0. The number of carbonyl (C=O) groups excluding carboxylic acids is 1. The van der Waals surface area contributed by atoms with Crippen molar-refractivity contribution in [1.29, 1.82) is 0 Å². The molecule has 0 saturated carbocycles. The smallest absolute Gasteiger partial charge is 0.303 e. The lowest BCUT2D eigenvalue weighted by molar-refractivity contribution is -0.150. The van der Waals surface area contributed by atoms with Gasteiger partial charge >= 0.3 is 5.97 Å². The number of hydrogen-bond donors (Lipinski definition) is 2. The summed E-state index contributed by atoms with van der Waals surface area (Å²) < 4.78 is 16.2. The van der Waals surface area contributed by atoms with E-state index in [1.54, 1.807) is 0 Å². The molecular weight excluding hydrogens is 384 g/mol. The van der Waals surface area contributed by atoms with Gasteiger partial charge < -0.3 is 24.4 Å². The fourth-order valence-corrected chi connectivity index (χ4v) is 2.96. The molecule has 2 rings (SSSR count). The second-order valence-electron chi connectivity index (χ2n) is 7.77. The molecule has 6 nitrogen and oxygen atoms in total. The van der Waals surface area contributed by atoms with Gasteiger partial charge in [-0.05, 0) is 41.8 Å². The number of ether oxygens (including phenoxy) is 3. The van der Waals surface area contributed by atoms with Crippen molar-refractivity contribution in [2.75, 3.05) is 19.8 Å².